The molecule has 2 rings (SSSR count). The van der Waals surface area contributed by atoms with Crippen molar-refractivity contribution in [2.75, 3.05) is 0 Å². The van der Waals surface area contributed by atoms with Crippen LogP contribution < -0.4 is 0 Å². The van der Waals surface area contributed by atoms with Crippen molar-refractivity contribution in [3.05, 3.63) is 33.9 Å². The van der Waals surface area contributed by atoms with Crippen molar-refractivity contribution in [2.24, 2.45) is 0 Å². The molecule has 0 nitrogen and oxygen atoms in total. The Labute approximate surface area is 75.4 Å². The van der Waals surface area contributed by atoms with Gasteiger partial charge < -0.3 is 0 Å². The predicted molar refractivity (Wildman–Crippen MR) is 42.7 cm³/mol. The van der Waals surface area contributed by atoms with Crippen LogP contribution in [0.2, 0.25) is 0 Å². The van der Waals surface area contributed by atoms with Gasteiger partial charge in [0.25, 0.3) is 0 Å². The van der Waals surface area contributed by atoms with Crippen molar-refractivity contribution in [2.45, 2.75) is 25.7 Å². The first-order chi connectivity index (χ1) is 5.38. The molecule has 0 amide bonds. The Bertz CT molecular complexity index is 256. The normalized spacial score (nSPS) is 23.3. The molecular weight excluding hydrogens is 179 g/mol. The molecule has 0 fully saturated rings. The Kier molecular flexibility index (Phi) is 2.00. The summed E-state index contributed by atoms with van der Waals surface area (Å²) in [5.41, 5.74) is 2.86. The summed E-state index contributed by atoms with van der Waals surface area (Å²) < 4.78 is 1.18. The molecule has 11 heavy (non-hydrogen) atoms. The molecule has 2 aliphatic carbocycles. The van der Waals surface area contributed by atoms with E-state index in [1.807, 2.05) is 0 Å². The van der Waals surface area contributed by atoms with Crippen molar-refractivity contribution >= 4 is 0 Å². The summed E-state index contributed by atoms with van der Waals surface area (Å²) in [4.78, 5) is 0. The van der Waals surface area contributed by atoms with E-state index in [0.29, 0.717) is 0 Å². The molecule has 0 N–H and O–H groups in total. The summed E-state index contributed by atoms with van der Waals surface area (Å²) in [7, 11) is 0. The van der Waals surface area contributed by atoms with Crippen LogP contribution in [0.4, 0.5) is 0 Å². The van der Waals surface area contributed by atoms with Gasteiger partial charge in [-0.05, 0) is 0 Å². The van der Waals surface area contributed by atoms with Crippen LogP contribution in [0.1, 0.15) is 25.7 Å². The van der Waals surface area contributed by atoms with Gasteiger partial charge in [-0.15, -0.1) is 0 Å². The Balaban J connectivity index is 2.27. The van der Waals surface area contributed by atoms with E-state index in [1.54, 1.807) is 0 Å². The van der Waals surface area contributed by atoms with Crippen LogP contribution in [-0.2, 0) is 15.5 Å². The van der Waals surface area contributed by atoms with Gasteiger partial charge in [0.05, 0.1) is 0 Å². The third-order valence-corrected chi connectivity index (χ3v) is 2.70. The second-order valence-electron chi connectivity index (χ2n) is 3.01. The second kappa shape index (κ2) is 2.99. The Morgan fingerprint density at radius 3 is 2.82 bits per heavy atom. The average molecular weight is 190 g/mol. The molecule has 61 valence electrons. The van der Waals surface area contributed by atoms with E-state index in [2.05, 4.69) is 18.2 Å². The fourth-order valence-electron chi connectivity index (χ4n) is 1.66. The van der Waals surface area contributed by atoms with Crippen LogP contribution in [0.25, 0.3) is 0 Å². The van der Waals surface area contributed by atoms with E-state index in [4.69, 9.17) is 15.5 Å². The maximum atomic E-state index is 4.94. The zero-order valence-electron chi connectivity index (χ0n) is 6.38. The Morgan fingerprint density at radius 2 is 2.27 bits per heavy atom. The van der Waals surface area contributed by atoms with Gasteiger partial charge in [0, 0.05) is 0 Å². The van der Waals surface area contributed by atoms with E-state index >= 15 is 0 Å². The van der Waals surface area contributed by atoms with Crippen molar-refractivity contribution in [3.8, 4) is 0 Å². The SMILES string of the molecule is [Ni][C]1=C(C2=CCCC2)C=CC1. The van der Waals surface area contributed by atoms with Crippen LogP contribution >= 0.6 is 0 Å². The van der Waals surface area contributed by atoms with E-state index in [-0.39, 0.29) is 0 Å². The molecule has 0 saturated carbocycles. The third kappa shape index (κ3) is 1.35. The van der Waals surface area contributed by atoms with Crippen molar-refractivity contribution in [1.82, 2.24) is 0 Å². The first kappa shape index (κ1) is 7.37. The van der Waals surface area contributed by atoms with Gasteiger partial charge in [-0.25, -0.2) is 0 Å². The molecule has 0 atom stereocenters. The monoisotopic (exact) mass is 189 g/mol. The van der Waals surface area contributed by atoms with Gasteiger partial charge in [0.15, 0.2) is 0 Å². The summed E-state index contributed by atoms with van der Waals surface area (Å²) >= 11 is 4.94. The molecular formula is C10H11Ni. The average Bonchev–Trinajstić information content (AvgIpc) is 2.55. The first-order valence-electron chi connectivity index (χ1n) is 4.09. The molecule has 0 radical (unpaired) electrons. The van der Waals surface area contributed by atoms with Gasteiger partial charge >= 0.3 is 75.1 Å². The molecule has 0 saturated heterocycles. The molecule has 0 unspecified atom stereocenters. The standard InChI is InChI=1S/C10H11.Ni/c1-2-6-9(5-1)10-7-3-4-8-10;/h1,5,7H,2-4,8H2;. The van der Waals surface area contributed by atoms with Gasteiger partial charge in [0.1, 0.15) is 0 Å². The van der Waals surface area contributed by atoms with Gasteiger partial charge in [0.2, 0.25) is 0 Å². The molecule has 0 aromatic rings. The van der Waals surface area contributed by atoms with Crippen LogP contribution in [0.5, 0.6) is 0 Å². The van der Waals surface area contributed by atoms with Crippen LogP contribution in [0, 0.1) is 0 Å². The third-order valence-electron chi connectivity index (χ3n) is 2.23. The Hall–Kier alpha value is -0.286. The minimum atomic E-state index is 1.01. The maximum absolute atomic E-state index is 4.94. The summed E-state index contributed by atoms with van der Waals surface area (Å²) in [6.45, 7) is 0. The van der Waals surface area contributed by atoms with Crippen molar-refractivity contribution in [3.63, 3.8) is 0 Å². The van der Waals surface area contributed by atoms with Gasteiger partial charge in [-0.2, -0.15) is 0 Å². The van der Waals surface area contributed by atoms with E-state index in [1.165, 1.54) is 35.0 Å². The fraction of sp³-hybridized carbons (Fsp3) is 0.400. The van der Waals surface area contributed by atoms with Gasteiger partial charge in [-0.3, -0.25) is 0 Å². The predicted octanol–water partition coefficient (Wildman–Crippen LogP) is 2.86. The van der Waals surface area contributed by atoms with E-state index in [0.717, 1.165) is 6.42 Å². The van der Waals surface area contributed by atoms with Crippen molar-refractivity contribution < 1.29 is 15.5 Å². The van der Waals surface area contributed by atoms with Gasteiger partial charge in [-0.1, -0.05) is 0 Å². The minimum absolute atomic E-state index is 1.01. The zero-order chi connectivity index (χ0) is 7.68. The molecule has 0 aromatic heterocycles. The quantitative estimate of drug-likeness (QED) is 0.557. The molecule has 0 aliphatic heterocycles. The number of rotatable bonds is 1. The van der Waals surface area contributed by atoms with E-state index < -0.39 is 0 Å². The second-order valence-corrected chi connectivity index (χ2v) is 3.61. The molecule has 1 heteroatoms. The molecule has 0 bridgehead atoms. The number of hydrogen-bond donors (Lipinski definition) is 0. The number of hydrogen-bond acceptors (Lipinski definition) is 0. The fourth-order valence-corrected chi connectivity index (χ4v) is 2.01. The van der Waals surface area contributed by atoms with Crippen LogP contribution in [-0.4, -0.2) is 0 Å². The van der Waals surface area contributed by atoms with Crippen LogP contribution in [0.15, 0.2) is 33.9 Å². The first-order valence-corrected chi connectivity index (χ1v) is 4.59. The molecule has 2 aliphatic rings. The zero-order valence-corrected chi connectivity index (χ0v) is 7.36. The molecule has 0 heterocycles. The summed E-state index contributed by atoms with van der Waals surface area (Å²) in [5.74, 6) is 0. The summed E-state index contributed by atoms with van der Waals surface area (Å²) in [5, 5.41) is 0. The van der Waals surface area contributed by atoms with Crippen molar-refractivity contribution in [1.29, 1.82) is 0 Å². The number of allylic oxidation sites excluding steroid dienone is 6. The summed E-state index contributed by atoms with van der Waals surface area (Å²) in [6.07, 6.45) is 11.5. The topological polar surface area (TPSA) is 0 Å². The molecule has 0 spiro atoms. The molecule has 0 aromatic carbocycles. The van der Waals surface area contributed by atoms with E-state index in [9.17, 15) is 0 Å². The Morgan fingerprint density at radius 1 is 1.36 bits per heavy atom. The van der Waals surface area contributed by atoms with Crippen LogP contribution in [0.3, 0.4) is 0 Å². The summed E-state index contributed by atoms with van der Waals surface area (Å²) in [6, 6.07) is 0.